The SMILES string of the molecule is CCCCCCCC[NH+]1CCCCC1CCC.[F-]. The number of hydrogen-bond acceptors (Lipinski definition) is 0. The summed E-state index contributed by atoms with van der Waals surface area (Å²) in [7, 11) is 0. The molecule has 0 aromatic rings. The van der Waals surface area contributed by atoms with Crippen molar-refractivity contribution in [1.82, 2.24) is 0 Å². The predicted molar refractivity (Wildman–Crippen MR) is 76.6 cm³/mol. The Balaban J connectivity index is 0.00000289. The second-order valence-corrected chi connectivity index (χ2v) is 5.91. The molecule has 1 N–H and O–H groups in total. The third-order valence-corrected chi connectivity index (χ3v) is 4.37. The van der Waals surface area contributed by atoms with Crippen molar-refractivity contribution in [2.24, 2.45) is 0 Å². The maximum Gasteiger partial charge on any atom is 0.0874 e. The van der Waals surface area contributed by atoms with E-state index in [-0.39, 0.29) is 4.70 Å². The topological polar surface area (TPSA) is 4.44 Å². The number of piperidine rings is 1. The first-order valence-electron chi connectivity index (χ1n) is 8.23. The minimum Gasteiger partial charge on any atom is -1.00 e. The van der Waals surface area contributed by atoms with Crippen molar-refractivity contribution >= 4 is 0 Å². The lowest BCUT2D eigenvalue weighted by atomic mass is 9.98. The molecule has 2 atom stereocenters. The lowest BCUT2D eigenvalue weighted by Gasteiger charge is -2.32. The zero-order valence-corrected chi connectivity index (χ0v) is 12.6. The standard InChI is InChI=1S/C16H33N.FH/c1-3-5-6-7-8-10-14-17-15-11-9-13-16(17)12-4-2;/h16H,3-15H2,1-2H3;1H. The van der Waals surface area contributed by atoms with Crippen molar-refractivity contribution in [3.63, 3.8) is 0 Å². The highest BCUT2D eigenvalue weighted by atomic mass is 19.0. The van der Waals surface area contributed by atoms with Crippen LogP contribution in [0.1, 0.15) is 84.5 Å². The van der Waals surface area contributed by atoms with Crippen LogP contribution in [0.15, 0.2) is 0 Å². The molecule has 1 saturated heterocycles. The summed E-state index contributed by atoms with van der Waals surface area (Å²) in [5, 5.41) is 0. The summed E-state index contributed by atoms with van der Waals surface area (Å²) in [5.74, 6) is 0. The summed E-state index contributed by atoms with van der Waals surface area (Å²) >= 11 is 0. The van der Waals surface area contributed by atoms with Gasteiger partial charge in [0.25, 0.3) is 0 Å². The largest absolute Gasteiger partial charge is 1.00 e. The second-order valence-electron chi connectivity index (χ2n) is 5.91. The van der Waals surface area contributed by atoms with Gasteiger partial charge in [0.2, 0.25) is 0 Å². The molecule has 0 aliphatic carbocycles. The molecule has 1 aliphatic rings. The van der Waals surface area contributed by atoms with E-state index in [0.29, 0.717) is 0 Å². The first-order chi connectivity index (χ1) is 8.38. The first kappa shape index (κ1) is 17.9. The van der Waals surface area contributed by atoms with Crippen LogP contribution >= 0.6 is 0 Å². The fourth-order valence-electron chi connectivity index (χ4n) is 3.31. The molecule has 18 heavy (non-hydrogen) atoms. The summed E-state index contributed by atoms with van der Waals surface area (Å²) in [4.78, 5) is 1.94. The van der Waals surface area contributed by atoms with Gasteiger partial charge in [0.15, 0.2) is 0 Å². The summed E-state index contributed by atoms with van der Waals surface area (Å²) in [6, 6.07) is 1.00. The van der Waals surface area contributed by atoms with Gasteiger partial charge in [0.05, 0.1) is 19.1 Å². The second kappa shape index (κ2) is 12.0. The molecule has 1 rings (SSSR count). The first-order valence-corrected chi connectivity index (χ1v) is 8.23. The Morgan fingerprint density at radius 3 is 2.33 bits per heavy atom. The smallest absolute Gasteiger partial charge is 0.0874 e. The quantitative estimate of drug-likeness (QED) is 0.578. The molecule has 0 bridgehead atoms. The number of nitrogens with one attached hydrogen (secondary N) is 1. The Hall–Kier alpha value is -0.110. The Bertz CT molecular complexity index is 170. The van der Waals surface area contributed by atoms with E-state index in [2.05, 4.69) is 13.8 Å². The highest BCUT2D eigenvalue weighted by molar-refractivity contribution is 4.61. The van der Waals surface area contributed by atoms with E-state index in [1.807, 2.05) is 4.90 Å². The van der Waals surface area contributed by atoms with Crippen molar-refractivity contribution in [3.05, 3.63) is 0 Å². The third kappa shape index (κ3) is 7.35. The summed E-state index contributed by atoms with van der Waals surface area (Å²) in [6.07, 6.45) is 16.0. The Morgan fingerprint density at radius 1 is 0.889 bits per heavy atom. The van der Waals surface area contributed by atoms with Crippen LogP contribution in [0.4, 0.5) is 0 Å². The molecule has 110 valence electrons. The molecule has 0 radical (unpaired) electrons. The molecule has 0 spiro atoms. The minimum atomic E-state index is 0. The van der Waals surface area contributed by atoms with Gasteiger partial charge in [-0.3, -0.25) is 0 Å². The van der Waals surface area contributed by atoms with Gasteiger partial charge in [0, 0.05) is 0 Å². The van der Waals surface area contributed by atoms with Crippen molar-refractivity contribution in [2.45, 2.75) is 90.5 Å². The van der Waals surface area contributed by atoms with Crippen LogP contribution in [0, 0.1) is 0 Å². The van der Waals surface area contributed by atoms with Gasteiger partial charge >= 0.3 is 0 Å². The average molecular weight is 259 g/mol. The number of halogens is 1. The van der Waals surface area contributed by atoms with Crippen LogP contribution in [0.25, 0.3) is 0 Å². The van der Waals surface area contributed by atoms with Crippen LogP contribution in [0.2, 0.25) is 0 Å². The third-order valence-electron chi connectivity index (χ3n) is 4.37. The molecule has 2 unspecified atom stereocenters. The van der Waals surface area contributed by atoms with Gasteiger partial charge in [-0.2, -0.15) is 0 Å². The summed E-state index contributed by atoms with van der Waals surface area (Å²) in [6.45, 7) is 7.56. The van der Waals surface area contributed by atoms with Gasteiger partial charge in [-0.05, 0) is 38.5 Å². The molecular formula is C16H34FN. The molecule has 0 aromatic heterocycles. The van der Waals surface area contributed by atoms with Gasteiger partial charge in [-0.1, -0.05) is 46.0 Å². The van der Waals surface area contributed by atoms with Gasteiger partial charge in [0.1, 0.15) is 0 Å². The Kier molecular flexibility index (Phi) is 11.9. The number of quaternary nitrogens is 1. The highest BCUT2D eigenvalue weighted by Gasteiger charge is 2.24. The fraction of sp³-hybridized carbons (Fsp3) is 1.00. The van der Waals surface area contributed by atoms with Crippen LogP contribution in [-0.4, -0.2) is 19.1 Å². The maximum absolute atomic E-state index is 2.34. The van der Waals surface area contributed by atoms with Crippen LogP contribution < -0.4 is 9.60 Å². The molecule has 1 aliphatic heterocycles. The normalized spacial score (nSPS) is 23.7. The average Bonchev–Trinajstić information content (AvgIpc) is 2.36. The zero-order chi connectivity index (χ0) is 12.3. The minimum absolute atomic E-state index is 0. The van der Waals surface area contributed by atoms with Crippen molar-refractivity contribution in [1.29, 1.82) is 0 Å². The van der Waals surface area contributed by atoms with E-state index < -0.39 is 0 Å². The van der Waals surface area contributed by atoms with Gasteiger partial charge in [-0.25, -0.2) is 0 Å². The van der Waals surface area contributed by atoms with Crippen molar-refractivity contribution in [2.75, 3.05) is 13.1 Å². The van der Waals surface area contributed by atoms with Crippen molar-refractivity contribution < 1.29 is 9.60 Å². The van der Waals surface area contributed by atoms with E-state index in [0.717, 1.165) is 6.04 Å². The molecule has 1 nitrogen and oxygen atoms in total. The number of rotatable bonds is 9. The monoisotopic (exact) mass is 259 g/mol. The van der Waals surface area contributed by atoms with Crippen LogP contribution in [0.3, 0.4) is 0 Å². The van der Waals surface area contributed by atoms with Gasteiger partial charge in [-0.15, -0.1) is 0 Å². The number of unbranched alkanes of at least 4 members (excludes halogenated alkanes) is 5. The molecule has 0 saturated carbocycles. The van der Waals surface area contributed by atoms with E-state index >= 15 is 0 Å². The lowest BCUT2D eigenvalue weighted by Crippen LogP contribution is -3.16. The van der Waals surface area contributed by atoms with Crippen LogP contribution in [-0.2, 0) is 0 Å². The molecule has 0 amide bonds. The molecule has 1 fully saturated rings. The molecule has 2 heteroatoms. The van der Waals surface area contributed by atoms with Gasteiger partial charge < -0.3 is 9.60 Å². The van der Waals surface area contributed by atoms with E-state index in [1.54, 1.807) is 0 Å². The molecule has 0 aromatic carbocycles. The van der Waals surface area contributed by atoms with E-state index in [4.69, 9.17) is 0 Å². The Labute approximate surface area is 114 Å². The summed E-state index contributed by atoms with van der Waals surface area (Å²) < 4.78 is 0. The maximum atomic E-state index is 2.34. The number of hydrogen-bond donors (Lipinski definition) is 1. The molecule has 1 heterocycles. The highest BCUT2D eigenvalue weighted by Crippen LogP contribution is 2.09. The van der Waals surface area contributed by atoms with E-state index in [9.17, 15) is 0 Å². The molecular weight excluding hydrogens is 225 g/mol. The number of likely N-dealkylation sites (tertiary alicyclic amines) is 1. The van der Waals surface area contributed by atoms with Crippen molar-refractivity contribution in [3.8, 4) is 0 Å². The lowest BCUT2D eigenvalue weighted by molar-refractivity contribution is -0.931. The fourth-order valence-corrected chi connectivity index (χ4v) is 3.31. The summed E-state index contributed by atoms with van der Waals surface area (Å²) in [5.41, 5.74) is 0. The predicted octanol–water partition coefficient (Wildman–Crippen LogP) is 0.588. The Morgan fingerprint density at radius 2 is 1.61 bits per heavy atom. The van der Waals surface area contributed by atoms with Crippen LogP contribution in [0.5, 0.6) is 0 Å². The van der Waals surface area contributed by atoms with E-state index in [1.165, 1.54) is 83.7 Å². The zero-order valence-electron chi connectivity index (χ0n) is 12.6.